The van der Waals surface area contributed by atoms with E-state index in [9.17, 15) is 17.2 Å². The maximum absolute atomic E-state index is 14.5. The summed E-state index contributed by atoms with van der Waals surface area (Å²) in [5, 5.41) is 0. The lowest BCUT2D eigenvalue weighted by molar-refractivity contribution is 0.511. The van der Waals surface area contributed by atoms with Gasteiger partial charge in [-0.25, -0.2) is 27.2 Å². The van der Waals surface area contributed by atoms with Crippen molar-refractivity contribution in [2.24, 2.45) is 0 Å². The van der Waals surface area contributed by atoms with Gasteiger partial charge in [-0.05, 0) is 42.7 Å². The molecule has 2 heterocycles. The number of fused-ring (bicyclic) bond motifs is 2. The smallest absolute Gasteiger partial charge is 0.217 e. The highest BCUT2D eigenvalue weighted by Gasteiger charge is 2.31. The molecule has 6 nitrogen and oxygen atoms in total. The number of halogens is 2. The number of benzene rings is 2. The number of rotatable bonds is 4. The zero-order chi connectivity index (χ0) is 19.6. The van der Waals surface area contributed by atoms with Gasteiger partial charge in [-0.3, -0.25) is 4.57 Å². The normalized spacial score (nSPS) is 15.0. The maximum atomic E-state index is 14.5. The van der Waals surface area contributed by atoms with E-state index in [0.29, 0.717) is 22.5 Å². The first-order chi connectivity index (χ1) is 13.3. The van der Waals surface area contributed by atoms with Gasteiger partial charge in [0.1, 0.15) is 11.8 Å². The first-order valence-electron chi connectivity index (χ1n) is 8.82. The van der Waals surface area contributed by atoms with E-state index in [1.165, 1.54) is 12.3 Å². The van der Waals surface area contributed by atoms with Gasteiger partial charge in [0.05, 0.1) is 22.3 Å². The molecule has 0 radical (unpaired) electrons. The van der Waals surface area contributed by atoms with Crippen LogP contribution in [0, 0.1) is 11.6 Å². The van der Waals surface area contributed by atoms with Crippen LogP contribution in [0.2, 0.25) is 0 Å². The summed E-state index contributed by atoms with van der Waals surface area (Å²) in [5.74, 6) is -1.40. The minimum absolute atomic E-state index is 0.0678. The van der Waals surface area contributed by atoms with Crippen LogP contribution >= 0.6 is 0 Å². The Kier molecular flexibility index (Phi) is 3.61. The fourth-order valence-corrected chi connectivity index (χ4v) is 4.35. The molecule has 2 aromatic heterocycles. The highest BCUT2D eigenvalue weighted by molar-refractivity contribution is 7.89. The minimum atomic E-state index is -3.16. The maximum Gasteiger partial charge on any atom is 0.217 e. The Hall–Kier alpha value is -2.81. The molecule has 2 aromatic carbocycles. The molecule has 144 valence electrons. The Bertz CT molecular complexity index is 1350. The highest BCUT2D eigenvalue weighted by atomic mass is 32.2. The van der Waals surface area contributed by atoms with Crippen LogP contribution in [0.25, 0.3) is 28.0 Å². The van der Waals surface area contributed by atoms with Gasteiger partial charge in [0.25, 0.3) is 0 Å². The van der Waals surface area contributed by atoms with Gasteiger partial charge in [0.2, 0.25) is 5.95 Å². The number of hydrogen-bond acceptors (Lipinski definition) is 4. The van der Waals surface area contributed by atoms with E-state index in [2.05, 4.69) is 9.97 Å². The molecule has 0 amide bonds. The molecule has 4 aromatic rings. The second-order valence-corrected chi connectivity index (χ2v) is 9.39. The summed E-state index contributed by atoms with van der Waals surface area (Å²) in [6.07, 6.45) is 4.50. The number of sulfone groups is 1. The van der Waals surface area contributed by atoms with Gasteiger partial charge in [0, 0.05) is 12.3 Å². The van der Waals surface area contributed by atoms with E-state index in [0.717, 1.165) is 24.4 Å². The Morgan fingerprint density at radius 1 is 1.14 bits per heavy atom. The molecule has 5 rings (SSSR count). The fraction of sp³-hybridized carbons (Fsp3) is 0.263. The Morgan fingerprint density at radius 2 is 1.93 bits per heavy atom. The Morgan fingerprint density at radius 3 is 2.64 bits per heavy atom. The third kappa shape index (κ3) is 2.77. The van der Waals surface area contributed by atoms with Gasteiger partial charge in [-0.15, -0.1) is 0 Å². The standard InChI is InChI=1S/C19H16F2N4O2S/c1-28(26,27)9-11-2-7-16-15(8-11)22-10-24(16)19-23-14-6-5-13(20)17(21)18(14)25(19)12-3-4-12/h2,5-8,10,12H,3-4,9H2,1H3. The third-order valence-electron chi connectivity index (χ3n) is 4.89. The van der Waals surface area contributed by atoms with Crippen LogP contribution in [0.4, 0.5) is 8.78 Å². The summed E-state index contributed by atoms with van der Waals surface area (Å²) in [7, 11) is -3.16. The predicted molar refractivity (Wildman–Crippen MR) is 101 cm³/mol. The van der Waals surface area contributed by atoms with Crippen molar-refractivity contribution in [1.29, 1.82) is 0 Å². The molecule has 0 saturated heterocycles. The quantitative estimate of drug-likeness (QED) is 0.524. The molecule has 0 aliphatic heterocycles. The molecule has 0 bridgehead atoms. The molecule has 1 saturated carbocycles. The van der Waals surface area contributed by atoms with Crippen molar-refractivity contribution < 1.29 is 17.2 Å². The molecular weight excluding hydrogens is 386 g/mol. The highest BCUT2D eigenvalue weighted by Crippen LogP contribution is 2.41. The van der Waals surface area contributed by atoms with Crippen LogP contribution < -0.4 is 0 Å². The average Bonchev–Trinajstić information content (AvgIpc) is 3.26. The third-order valence-corrected chi connectivity index (χ3v) is 5.75. The van der Waals surface area contributed by atoms with E-state index >= 15 is 0 Å². The van der Waals surface area contributed by atoms with E-state index in [-0.39, 0.29) is 17.3 Å². The Balaban J connectivity index is 1.71. The van der Waals surface area contributed by atoms with E-state index < -0.39 is 21.5 Å². The van der Waals surface area contributed by atoms with Crippen LogP contribution in [-0.2, 0) is 15.6 Å². The van der Waals surface area contributed by atoms with Crippen molar-refractivity contribution in [3.8, 4) is 5.95 Å². The van der Waals surface area contributed by atoms with E-state index in [4.69, 9.17) is 0 Å². The zero-order valence-corrected chi connectivity index (χ0v) is 15.7. The van der Waals surface area contributed by atoms with Gasteiger partial charge < -0.3 is 4.57 Å². The van der Waals surface area contributed by atoms with Crippen LogP contribution in [0.1, 0.15) is 24.4 Å². The number of imidazole rings is 2. The average molecular weight is 402 g/mol. The summed E-state index contributed by atoms with van der Waals surface area (Å²) < 4.78 is 54.9. The molecule has 0 spiro atoms. The molecular formula is C19H16F2N4O2S. The molecule has 9 heteroatoms. The molecule has 1 aliphatic carbocycles. The number of aromatic nitrogens is 4. The first-order valence-corrected chi connectivity index (χ1v) is 10.9. The lowest BCUT2D eigenvalue weighted by Gasteiger charge is -2.09. The number of hydrogen-bond donors (Lipinski definition) is 0. The van der Waals surface area contributed by atoms with E-state index in [1.807, 2.05) is 0 Å². The fourth-order valence-electron chi connectivity index (χ4n) is 3.57. The van der Waals surface area contributed by atoms with Crippen molar-refractivity contribution in [1.82, 2.24) is 19.1 Å². The first kappa shape index (κ1) is 17.3. The second kappa shape index (κ2) is 5.84. The van der Waals surface area contributed by atoms with Crippen LogP contribution in [-0.4, -0.2) is 33.8 Å². The van der Waals surface area contributed by atoms with Crippen molar-refractivity contribution in [2.75, 3.05) is 6.26 Å². The van der Waals surface area contributed by atoms with Crippen molar-refractivity contribution >= 4 is 31.9 Å². The molecule has 1 fully saturated rings. The summed E-state index contributed by atoms with van der Waals surface area (Å²) in [6, 6.07) is 7.84. The molecule has 0 unspecified atom stereocenters. The molecule has 28 heavy (non-hydrogen) atoms. The van der Waals surface area contributed by atoms with Crippen LogP contribution in [0.3, 0.4) is 0 Å². The van der Waals surface area contributed by atoms with Crippen molar-refractivity contribution in [3.05, 3.63) is 53.9 Å². The van der Waals surface area contributed by atoms with Gasteiger partial charge in [-0.1, -0.05) is 6.07 Å². The van der Waals surface area contributed by atoms with E-state index in [1.54, 1.807) is 33.7 Å². The van der Waals surface area contributed by atoms with Gasteiger partial charge in [0.15, 0.2) is 21.5 Å². The largest absolute Gasteiger partial charge is 0.304 e. The molecule has 0 atom stereocenters. The van der Waals surface area contributed by atoms with Gasteiger partial charge in [-0.2, -0.15) is 0 Å². The summed E-state index contributed by atoms with van der Waals surface area (Å²) in [4.78, 5) is 8.90. The van der Waals surface area contributed by atoms with Gasteiger partial charge >= 0.3 is 0 Å². The summed E-state index contributed by atoms with van der Waals surface area (Å²) in [5.41, 5.74) is 2.52. The van der Waals surface area contributed by atoms with Crippen molar-refractivity contribution in [2.45, 2.75) is 24.6 Å². The van der Waals surface area contributed by atoms with Crippen molar-refractivity contribution in [3.63, 3.8) is 0 Å². The topological polar surface area (TPSA) is 69.8 Å². The Labute approximate surface area is 159 Å². The SMILES string of the molecule is CS(=O)(=O)Cc1ccc2c(c1)ncn2-c1nc2ccc(F)c(F)c2n1C1CC1. The lowest BCUT2D eigenvalue weighted by Crippen LogP contribution is -2.06. The monoisotopic (exact) mass is 402 g/mol. The number of nitrogens with zero attached hydrogens (tertiary/aromatic N) is 4. The minimum Gasteiger partial charge on any atom is -0.304 e. The zero-order valence-electron chi connectivity index (χ0n) is 14.9. The summed E-state index contributed by atoms with van der Waals surface area (Å²) in [6.45, 7) is 0. The second-order valence-electron chi connectivity index (χ2n) is 7.25. The molecule has 0 N–H and O–H groups in total. The molecule has 1 aliphatic rings. The lowest BCUT2D eigenvalue weighted by atomic mass is 10.2. The predicted octanol–water partition coefficient (Wildman–Crippen LogP) is 3.53. The summed E-state index contributed by atoms with van der Waals surface area (Å²) >= 11 is 0. The van der Waals surface area contributed by atoms with Crippen LogP contribution in [0.15, 0.2) is 36.7 Å². The van der Waals surface area contributed by atoms with Crippen LogP contribution in [0.5, 0.6) is 0 Å².